The molecule has 2 atom stereocenters. The maximum absolute atomic E-state index is 13.5. The monoisotopic (exact) mass is 476 g/mol. The summed E-state index contributed by atoms with van der Waals surface area (Å²) in [6, 6.07) is 12.0. The van der Waals surface area contributed by atoms with Crippen LogP contribution in [0.2, 0.25) is 10.0 Å². The average molecular weight is 477 g/mol. The average Bonchev–Trinajstić information content (AvgIpc) is 2.90. The summed E-state index contributed by atoms with van der Waals surface area (Å²) in [7, 11) is 0. The number of ether oxygens (including phenoxy) is 1. The summed E-state index contributed by atoms with van der Waals surface area (Å²) in [6.07, 6.45) is 0.827. The molecule has 172 valence electrons. The van der Waals surface area contributed by atoms with Gasteiger partial charge in [-0.25, -0.2) is 0 Å². The Hall–Kier alpha value is -2.08. The Morgan fingerprint density at radius 1 is 1.12 bits per heavy atom. The first-order chi connectivity index (χ1) is 14.9. The molecular formula is C25H30Cl2N2O3. The highest BCUT2D eigenvalue weighted by Gasteiger charge is 2.49. The lowest BCUT2D eigenvalue weighted by Gasteiger charge is -2.35. The van der Waals surface area contributed by atoms with Gasteiger partial charge >= 0.3 is 5.97 Å². The van der Waals surface area contributed by atoms with Crippen LogP contribution in [0.5, 0.6) is 0 Å². The Kier molecular flexibility index (Phi) is 7.23. The molecule has 0 saturated carbocycles. The zero-order valence-electron chi connectivity index (χ0n) is 19.1. The van der Waals surface area contributed by atoms with Crippen molar-refractivity contribution in [1.82, 2.24) is 5.32 Å². The largest absolute Gasteiger partial charge is 0.459 e. The van der Waals surface area contributed by atoms with Crippen molar-refractivity contribution >= 4 is 40.8 Å². The van der Waals surface area contributed by atoms with Gasteiger partial charge in [0.2, 0.25) is 5.91 Å². The minimum Gasteiger partial charge on any atom is -0.459 e. The number of hydrogen-bond donors (Lipinski definition) is 2. The van der Waals surface area contributed by atoms with Gasteiger partial charge in [-0.1, -0.05) is 55.2 Å². The summed E-state index contributed by atoms with van der Waals surface area (Å²) in [5.74, 6) is -0.420. The van der Waals surface area contributed by atoms with E-state index in [1.54, 1.807) is 18.2 Å². The first-order valence-electron chi connectivity index (χ1n) is 10.8. The van der Waals surface area contributed by atoms with E-state index >= 15 is 0 Å². The van der Waals surface area contributed by atoms with E-state index in [9.17, 15) is 9.59 Å². The number of amides is 1. The molecule has 0 radical (unpaired) electrons. The third-order valence-corrected chi connectivity index (χ3v) is 5.72. The van der Waals surface area contributed by atoms with Crippen LogP contribution in [0.4, 0.5) is 5.69 Å². The van der Waals surface area contributed by atoms with Gasteiger partial charge in [0.15, 0.2) is 0 Å². The van der Waals surface area contributed by atoms with Crippen LogP contribution in [-0.4, -0.2) is 23.5 Å². The van der Waals surface area contributed by atoms with Gasteiger partial charge in [-0.2, -0.15) is 0 Å². The molecule has 0 saturated heterocycles. The van der Waals surface area contributed by atoms with E-state index in [-0.39, 0.29) is 17.8 Å². The number of esters is 1. The zero-order chi connectivity index (χ0) is 23.7. The van der Waals surface area contributed by atoms with E-state index in [0.29, 0.717) is 28.6 Å². The predicted octanol–water partition coefficient (Wildman–Crippen LogP) is 5.73. The second kappa shape index (κ2) is 9.42. The molecule has 1 heterocycles. The predicted molar refractivity (Wildman–Crippen MR) is 129 cm³/mol. The second-order valence-corrected chi connectivity index (χ2v) is 10.6. The third kappa shape index (κ3) is 5.64. The lowest BCUT2D eigenvalue weighted by Crippen LogP contribution is -2.57. The molecule has 2 aromatic carbocycles. The highest BCUT2D eigenvalue weighted by atomic mass is 35.5. The topological polar surface area (TPSA) is 67.4 Å². The highest BCUT2D eigenvalue weighted by Crippen LogP contribution is 2.41. The van der Waals surface area contributed by atoms with Crippen molar-refractivity contribution in [2.45, 2.75) is 64.6 Å². The van der Waals surface area contributed by atoms with E-state index in [1.165, 1.54) is 0 Å². The quantitative estimate of drug-likeness (QED) is 0.500. The lowest BCUT2D eigenvalue weighted by atomic mass is 9.83. The van der Waals surface area contributed by atoms with Crippen molar-refractivity contribution in [3.05, 3.63) is 63.6 Å². The Bertz CT molecular complexity index is 1020. The summed E-state index contributed by atoms with van der Waals surface area (Å²) in [6.45, 7) is 9.56. The van der Waals surface area contributed by atoms with Crippen molar-refractivity contribution in [1.29, 1.82) is 0 Å². The Balaban J connectivity index is 2.08. The van der Waals surface area contributed by atoms with E-state index in [2.05, 4.69) is 10.6 Å². The molecule has 3 rings (SSSR count). The highest BCUT2D eigenvalue weighted by molar-refractivity contribution is 6.31. The van der Waals surface area contributed by atoms with E-state index in [4.69, 9.17) is 27.9 Å². The van der Waals surface area contributed by atoms with Crippen LogP contribution in [0.25, 0.3) is 0 Å². The number of benzene rings is 2. The SMILES string of the molecule is CC(C)C[C@H](NC1(Cc2cccc(Cl)c2)C(=O)Nc2cc(Cl)ccc21)C(=O)OC(C)(C)C. The number of anilines is 1. The molecule has 1 aliphatic heterocycles. The molecule has 0 fully saturated rings. The molecular weight excluding hydrogens is 447 g/mol. The van der Waals surface area contributed by atoms with E-state index in [0.717, 1.165) is 11.1 Å². The normalized spacial score (nSPS) is 18.9. The lowest BCUT2D eigenvalue weighted by molar-refractivity contribution is -0.158. The Labute approximate surface area is 199 Å². The number of carbonyl (C=O) groups excluding carboxylic acids is 2. The maximum atomic E-state index is 13.5. The van der Waals surface area contributed by atoms with Crippen LogP contribution in [0.15, 0.2) is 42.5 Å². The fraction of sp³-hybridized carbons (Fsp3) is 0.440. The first kappa shape index (κ1) is 24.6. The number of fused-ring (bicyclic) bond motifs is 1. The fourth-order valence-electron chi connectivity index (χ4n) is 4.02. The van der Waals surface area contributed by atoms with Crippen molar-refractivity contribution in [3.63, 3.8) is 0 Å². The standard InChI is InChI=1S/C25H30Cl2N2O3/c1-15(2)11-21(22(30)32-24(3,4)5)29-25(14-16-7-6-8-17(26)12-16)19-10-9-18(27)13-20(19)28-23(25)31/h6-10,12-13,15,21,29H,11,14H2,1-5H3,(H,28,31)/t21-,25?/m0/s1. The van der Waals surface area contributed by atoms with Gasteiger partial charge in [0, 0.05) is 27.7 Å². The van der Waals surface area contributed by atoms with Crippen LogP contribution in [0.1, 0.15) is 52.2 Å². The van der Waals surface area contributed by atoms with Gasteiger partial charge in [-0.05, 0) is 62.9 Å². The van der Waals surface area contributed by atoms with Crippen LogP contribution in [0, 0.1) is 5.92 Å². The van der Waals surface area contributed by atoms with Gasteiger partial charge < -0.3 is 10.1 Å². The van der Waals surface area contributed by atoms with E-state index in [1.807, 2.05) is 58.9 Å². The molecule has 7 heteroatoms. The second-order valence-electron chi connectivity index (χ2n) is 9.72. The van der Waals surface area contributed by atoms with Crippen LogP contribution >= 0.6 is 23.2 Å². The molecule has 5 nitrogen and oxygen atoms in total. The molecule has 0 bridgehead atoms. The molecule has 32 heavy (non-hydrogen) atoms. The van der Waals surface area contributed by atoms with Gasteiger partial charge in [0.1, 0.15) is 17.2 Å². The summed E-state index contributed by atoms with van der Waals surface area (Å²) in [5, 5.41) is 7.45. The number of carbonyl (C=O) groups is 2. The van der Waals surface area contributed by atoms with Crippen LogP contribution in [-0.2, 0) is 26.3 Å². The molecule has 1 unspecified atom stereocenters. The smallest absolute Gasteiger partial charge is 0.323 e. The van der Waals surface area contributed by atoms with Crippen LogP contribution in [0.3, 0.4) is 0 Å². The van der Waals surface area contributed by atoms with Crippen molar-refractivity contribution in [3.8, 4) is 0 Å². The molecule has 0 aromatic heterocycles. The minimum absolute atomic E-state index is 0.206. The van der Waals surface area contributed by atoms with Crippen molar-refractivity contribution in [2.75, 3.05) is 5.32 Å². The molecule has 2 N–H and O–H groups in total. The van der Waals surface area contributed by atoms with Gasteiger partial charge in [-0.15, -0.1) is 0 Å². The molecule has 1 amide bonds. The molecule has 2 aromatic rings. The minimum atomic E-state index is -1.18. The summed E-state index contributed by atoms with van der Waals surface area (Å²) in [5.41, 5.74) is 0.419. The summed E-state index contributed by atoms with van der Waals surface area (Å²) >= 11 is 12.4. The van der Waals surface area contributed by atoms with Gasteiger partial charge in [0.05, 0.1) is 0 Å². The van der Waals surface area contributed by atoms with Crippen molar-refractivity contribution in [2.24, 2.45) is 5.92 Å². The van der Waals surface area contributed by atoms with Crippen molar-refractivity contribution < 1.29 is 14.3 Å². The summed E-state index contributed by atoms with van der Waals surface area (Å²) in [4.78, 5) is 26.6. The zero-order valence-corrected chi connectivity index (χ0v) is 20.6. The van der Waals surface area contributed by atoms with Gasteiger partial charge in [-0.3, -0.25) is 14.9 Å². The first-order valence-corrected chi connectivity index (χ1v) is 11.5. The Morgan fingerprint density at radius 2 is 1.81 bits per heavy atom. The maximum Gasteiger partial charge on any atom is 0.323 e. The third-order valence-electron chi connectivity index (χ3n) is 5.25. The number of rotatable bonds is 7. The summed E-state index contributed by atoms with van der Waals surface area (Å²) < 4.78 is 5.69. The Morgan fingerprint density at radius 3 is 2.44 bits per heavy atom. The van der Waals surface area contributed by atoms with Crippen LogP contribution < -0.4 is 10.6 Å². The fourth-order valence-corrected chi connectivity index (χ4v) is 4.41. The molecule has 0 aliphatic carbocycles. The molecule has 0 spiro atoms. The molecule has 1 aliphatic rings. The van der Waals surface area contributed by atoms with E-state index < -0.39 is 17.2 Å². The number of nitrogens with one attached hydrogen (secondary N) is 2. The number of hydrogen-bond acceptors (Lipinski definition) is 4. The number of halogens is 2. The van der Waals surface area contributed by atoms with Gasteiger partial charge in [0.25, 0.3) is 0 Å².